The largest absolute Gasteiger partial charge is 0.484 e. The average Bonchev–Trinajstić information content (AvgIpc) is 2.76. The summed E-state index contributed by atoms with van der Waals surface area (Å²) in [5.74, 6) is 0.583. The smallest absolute Gasteiger partial charge is 0.276 e. The van der Waals surface area contributed by atoms with Crippen molar-refractivity contribution in [2.24, 2.45) is 0 Å². The van der Waals surface area contributed by atoms with Gasteiger partial charge in [-0.15, -0.1) is 0 Å². The first-order chi connectivity index (χ1) is 15.2. The zero-order valence-corrected chi connectivity index (χ0v) is 21.0. The summed E-state index contributed by atoms with van der Waals surface area (Å²) in [5, 5.41) is 2.41. The molecule has 172 valence electrons. The van der Waals surface area contributed by atoms with Gasteiger partial charge in [-0.25, -0.2) is 0 Å². The molecular weight excluding hydrogens is 494 g/mol. The van der Waals surface area contributed by atoms with E-state index in [1.807, 2.05) is 43.3 Å². The molecule has 7 nitrogen and oxygen atoms in total. The molecule has 0 fully saturated rings. The summed E-state index contributed by atoms with van der Waals surface area (Å²) in [6, 6.07) is 11.4. The molecule has 0 saturated carbocycles. The summed E-state index contributed by atoms with van der Waals surface area (Å²) in [5.41, 5.74) is 8.03. The lowest BCUT2D eigenvalue weighted by Crippen LogP contribution is -2.50. The van der Waals surface area contributed by atoms with Gasteiger partial charge in [0.05, 0.1) is 0 Å². The Morgan fingerprint density at radius 3 is 2.31 bits per heavy atom. The number of ether oxygens (including phenoxy) is 2. The number of hydrogen-bond donors (Lipinski definition) is 3. The van der Waals surface area contributed by atoms with Crippen LogP contribution < -0.4 is 25.6 Å². The summed E-state index contributed by atoms with van der Waals surface area (Å²) >= 11 is 8.55. The van der Waals surface area contributed by atoms with Gasteiger partial charge in [-0.2, -0.15) is 0 Å². The van der Waals surface area contributed by atoms with Crippen LogP contribution in [-0.4, -0.2) is 30.1 Å². The summed E-state index contributed by atoms with van der Waals surface area (Å²) < 4.78 is 12.1. The lowest BCUT2D eigenvalue weighted by atomic mass is 10.0. The molecule has 0 aliphatic carbocycles. The lowest BCUT2D eigenvalue weighted by Gasteiger charge is -2.16. The van der Waals surface area contributed by atoms with Crippen molar-refractivity contribution in [3.8, 4) is 11.5 Å². The fourth-order valence-electron chi connectivity index (χ4n) is 2.72. The molecule has 0 heterocycles. The van der Waals surface area contributed by atoms with Crippen LogP contribution >= 0.6 is 28.1 Å². The summed E-state index contributed by atoms with van der Waals surface area (Å²) in [6.07, 6.45) is 0.931. The van der Waals surface area contributed by atoms with Gasteiger partial charge < -0.3 is 9.47 Å². The number of aryl methyl sites for hydroxylation is 2. The van der Waals surface area contributed by atoms with Gasteiger partial charge >= 0.3 is 0 Å². The van der Waals surface area contributed by atoms with Gasteiger partial charge in [-0.3, -0.25) is 25.8 Å². The monoisotopic (exact) mass is 521 g/mol. The highest BCUT2D eigenvalue weighted by Gasteiger charge is 2.13. The molecule has 2 aromatic carbocycles. The van der Waals surface area contributed by atoms with Gasteiger partial charge in [-0.05, 0) is 72.4 Å². The molecule has 0 aliphatic rings. The topological polar surface area (TPSA) is 88.7 Å². The maximum atomic E-state index is 12.2. The van der Waals surface area contributed by atoms with Crippen LogP contribution in [0, 0.1) is 6.92 Å². The van der Waals surface area contributed by atoms with Crippen LogP contribution in [0.3, 0.4) is 0 Å². The van der Waals surface area contributed by atoms with Crippen LogP contribution in [-0.2, 0) is 16.0 Å². The molecule has 0 radical (unpaired) electrons. The lowest BCUT2D eigenvalue weighted by molar-refractivity contribution is -0.124. The fourth-order valence-corrected chi connectivity index (χ4v) is 3.24. The van der Waals surface area contributed by atoms with Crippen molar-refractivity contribution < 1.29 is 19.1 Å². The van der Waals surface area contributed by atoms with Crippen LogP contribution in [0.25, 0.3) is 0 Å². The van der Waals surface area contributed by atoms with Crippen molar-refractivity contribution in [3.63, 3.8) is 0 Å². The number of hydrogen-bond acceptors (Lipinski definition) is 5. The van der Waals surface area contributed by atoms with Gasteiger partial charge in [-0.1, -0.05) is 48.8 Å². The SMILES string of the molecule is CCc1ccc(OCC(=O)NNC(=S)NC(=O)COc2cc(C)c(Br)cc2C(C)C)cc1. The molecule has 2 rings (SSSR count). The molecule has 0 atom stereocenters. The number of nitrogens with one attached hydrogen (secondary N) is 3. The molecule has 0 spiro atoms. The Labute approximate surface area is 202 Å². The summed E-state index contributed by atoms with van der Waals surface area (Å²) in [4.78, 5) is 24.1. The zero-order chi connectivity index (χ0) is 23.7. The van der Waals surface area contributed by atoms with Crippen LogP contribution in [0.5, 0.6) is 11.5 Å². The second-order valence-corrected chi connectivity index (χ2v) is 8.68. The first-order valence-corrected chi connectivity index (χ1v) is 11.4. The molecule has 3 N–H and O–H groups in total. The number of amides is 2. The van der Waals surface area contributed by atoms with Crippen LogP contribution in [0.1, 0.15) is 43.4 Å². The second-order valence-electron chi connectivity index (χ2n) is 7.42. The predicted octanol–water partition coefficient (Wildman–Crippen LogP) is 3.92. The third kappa shape index (κ3) is 8.12. The second kappa shape index (κ2) is 12.4. The minimum Gasteiger partial charge on any atom is -0.484 e. The van der Waals surface area contributed by atoms with E-state index >= 15 is 0 Å². The number of rotatable bonds is 8. The van der Waals surface area contributed by atoms with E-state index in [9.17, 15) is 9.59 Å². The van der Waals surface area contributed by atoms with E-state index in [4.69, 9.17) is 21.7 Å². The molecule has 0 aromatic heterocycles. The molecule has 0 saturated heterocycles. The molecule has 2 aromatic rings. The number of hydrazine groups is 1. The quantitative estimate of drug-likeness (QED) is 0.360. The van der Waals surface area contributed by atoms with Crippen LogP contribution in [0.15, 0.2) is 40.9 Å². The Hall–Kier alpha value is -2.65. The van der Waals surface area contributed by atoms with Crippen molar-refractivity contribution in [3.05, 3.63) is 57.6 Å². The molecule has 0 bridgehead atoms. The van der Waals surface area contributed by atoms with Crippen molar-refractivity contribution >= 4 is 45.1 Å². The highest BCUT2D eigenvalue weighted by atomic mass is 79.9. The van der Waals surface area contributed by atoms with Crippen LogP contribution in [0.2, 0.25) is 0 Å². The molecule has 2 amide bonds. The van der Waals surface area contributed by atoms with E-state index in [1.54, 1.807) is 0 Å². The van der Waals surface area contributed by atoms with Gasteiger partial charge in [0.1, 0.15) is 11.5 Å². The standard InChI is InChI=1S/C23H28BrN3O4S/c1-5-16-6-8-17(9-7-16)30-13-22(29)26-27-23(32)25-21(28)12-31-20-10-15(4)19(24)11-18(20)14(2)3/h6-11,14H,5,12-13H2,1-4H3,(H,26,29)(H2,25,27,28,32). The van der Waals surface area contributed by atoms with Crippen molar-refractivity contribution in [1.82, 2.24) is 16.2 Å². The van der Waals surface area contributed by atoms with Gasteiger partial charge in [0.15, 0.2) is 18.3 Å². The van der Waals surface area contributed by atoms with Gasteiger partial charge in [0.2, 0.25) is 0 Å². The van der Waals surface area contributed by atoms with Gasteiger partial charge in [0.25, 0.3) is 11.8 Å². The number of carbonyl (C=O) groups excluding carboxylic acids is 2. The number of thiocarbonyl (C=S) groups is 1. The van der Waals surface area contributed by atoms with Crippen molar-refractivity contribution in [2.75, 3.05) is 13.2 Å². The Bertz CT molecular complexity index is 964. The van der Waals surface area contributed by atoms with Crippen LogP contribution in [0.4, 0.5) is 0 Å². The van der Waals surface area contributed by atoms with Crippen molar-refractivity contribution in [2.45, 2.75) is 40.0 Å². The Kier molecular flexibility index (Phi) is 9.93. The first-order valence-electron chi connectivity index (χ1n) is 10.2. The predicted molar refractivity (Wildman–Crippen MR) is 132 cm³/mol. The third-order valence-corrected chi connectivity index (χ3v) is 5.60. The number of halogens is 1. The Morgan fingerprint density at radius 1 is 1.03 bits per heavy atom. The summed E-state index contributed by atoms with van der Waals surface area (Å²) in [7, 11) is 0. The maximum absolute atomic E-state index is 12.2. The van der Waals surface area contributed by atoms with Gasteiger partial charge in [0, 0.05) is 4.47 Å². The number of benzene rings is 2. The highest BCUT2D eigenvalue weighted by Crippen LogP contribution is 2.32. The first kappa shape index (κ1) is 25.6. The molecule has 9 heteroatoms. The fraction of sp³-hybridized carbons (Fsp3) is 0.348. The van der Waals surface area contributed by atoms with Crippen molar-refractivity contribution in [1.29, 1.82) is 0 Å². The minimum absolute atomic E-state index is 0.0460. The summed E-state index contributed by atoms with van der Waals surface area (Å²) in [6.45, 7) is 7.71. The molecule has 0 unspecified atom stereocenters. The van der Waals surface area contributed by atoms with E-state index in [0.29, 0.717) is 11.5 Å². The molecular formula is C23H28BrN3O4S. The Morgan fingerprint density at radius 2 is 1.69 bits per heavy atom. The minimum atomic E-state index is -0.445. The third-order valence-electron chi connectivity index (χ3n) is 4.54. The molecule has 0 aliphatic heterocycles. The number of carbonyl (C=O) groups is 2. The Balaban J connectivity index is 1.74. The maximum Gasteiger partial charge on any atom is 0.276 e. The average molecular weight is 522 g/mol. The highest BCUT2D eigenvalue weighted by molar-refractivity contribution is 9.10. The van der Waals surface area contributed by atoms with E-state index in [0.717, 1.165) is 22.0 Å². The van der Waals surface area contributed by atoms with E-state index in [2.05, 4.69) is 52.9 Å². The zero-order valence-electron chi connectivity index (χ0n) is 18.6. The van der Waals surface area contributed by atoms with E-state index < -0.39 is 11.8 Å². The van der Waals surface area contributed by atoms with E-state index in [-0.39, 0.29) is 24.2 Å². The normalized spacial score (nSPS) is 10.4. The molecule has 32 heavy (non-hydrogen) atoms. The van der Waals surface area contributed by atoms with E-state index in [1.165, 1.54) is 5.56 Å².